The number of likely N-dealkylation sites (tertiary alicyclic amines) is 1. The van der Waals surface area contributed by atoms with E-state index in [0.717, 1.165) is 30.7 Å². The first kappa shape index (κ1) is 15.8. The predicted molar refractivity (Wildman–Crippen MR) is 81.1 cm³/mol. The second kappa shape index (κ2) is 7.43. The standard InChI is InChI=1S/C16H24N2O3/c1-17(10-13-6-3-4-8-15(13)21-2)16(20)12-18-9-5-7-14(19)11-18/h3-4,6,8,14,19H,5,7,9-12H2,1-2H3. The zero-order chi connectivity index (χ0) is 15.2. The molecule has 0 aliphatic carbocycles. The minimum Gasteiger partial charge on any atom is -0.496 e. The highest BCUT2D eigenvalue weighted by Gasteiger charge is 2.21. The molecule has 1 amide bonds. The number of hydrogen-bond acceptors (Lipinski definition) is 4. The Labute approximate surface area is 126 Å². The summed E-state index contributed by atoms with van der Waals surface area (Å²) in [6.45, 7) is 2.36. The monoisotopic (exact) mass is 292 g/mol. The van der Waals surface area contributed by atoms with E-state index in [1.807, 2.05) is 29.2 Å². The highest BCUT2D eigenvalue weighted by Crippen LogP contribution is 2.19. The van der Waals surface area contributed by atoms with Gasteiger partial charge in [-0.15, -0.1) is 0 Å². The van der Waals surface area contributed by atoms with Crippen molar-refractivity contribution in [2.45, 2.75) is 25.5 Å². The van der Waals surface area contributed by atoms with Crippen LogP contribution < -0.4 is 4.74 Å². The number of likely N-dealkylation sites (N-methyl/N-ethyl adjacent to an activating group) is 1. The fraction of sp³-hybridized carbons (Fsp3) is 0.562. The van der Waals surface area contributed by atoms with Gasteiger partial charge in [0.1, 0.15) is 5.75 Å². The molecule has 0 spiro atoms. The first-order chi connectivity index (χ1) is 10.1. The number of hydrogen-bond donors (Lipinski definition) is 1. The van der Waals surface area contributed by atoms with E-state index in [1.165, 1.54) is 0 Å². The van der Waals surface area contributed by atoms with Crippen LogP contribution in [0.5, 0.6) is 5.75 Å². The van der Waals surface area contributed by atoms with Gasteiger partial charge in [0, 0.05) is 25.7 Å². The van der Waals surface area contributed by atoms with Crippen LogP contribution in [0.2, 0.25) is 0 Å². The lowest BCUT2D eigenvalue weighted by Crippen LogP contribution is -2.44. The maximum Gasteiger partial charge on any atom is 0.236 e. The van der Waals surface area contributed by atoms with Crippen molar-refractivity contribution in [3.05, 3.63) is 29.8 Å². The molecule has 1 unspecified atom stereocenters. The summed E-state index contributed by atoms with van der Waals surface area (Å²) in [4.78, 5) is 16.0. The normalized spacial score (nSPS) is 19.3. The number of carbonyl (C=O) groups excluding carboxylic acids is 1. The van der Waals surface area contributed by atoms with Crippen LogP contribution in [0.15, 0.2) is 24.3 Å². The summed E-state index contributed by atoms with van der Waals surface area (Å²) in [6, 6.07) is 7.72. The molecule has 1 N–H and O–H groups in total. The maximum atomic E-state index is 12.3. The Balaban J connectivity index is 1.90. The Bertz CT molecular complexity index is 478. The number of carbonyl (C=O) groups is 1. The average Bonchev–Trinajstić information content (AvgIpc) is 2.47. The van der Waals surface area contributed by atoms with Gasteiger partial charge in [-0.25, -0.2) is 0 Å². The van der Waals surface area contributed by atoms with Gasteiger partial charge in [-0.05, 0) is 25.5 Å². The molecule has 0 aromatic heterocycles. The van der Waals surface area contributed by atoms with E-state index in [0.29, 0.717) is 19.6 Å². The van der Waals surface area contributed by atoms with Gasteiger partial charge >= 0.3 is 0 Å². The number of amides is 1. The number of nitrogens with zero attached hydrogens (tertiary/aromatic N) is 2. The van der Waals surface area contributed by atoms with Gasteiger partial charge < -0.3 is 14.7 Å². The lowest BCUT2D eigenvalue weighted by Gasteiger charge is -2.30. The lowest BCUT2D eigenvalue weighted by atomic mass is 10.1. The summed E-state index contributed by atoms with van der Waals surface area (Å²) < 4.78 is 5.31. The first-order valence-corrected chi connectivity index (χ1v) is 7.36. The minimum absolute atomic E-state index is 0.0648. The van der Waals surface area contributed by atoms with Gasteiger partial charge in [0.05, 0.1) is 19.8 Å². The van der Waals surface area contributed by atoms with E-state index in [9.17, 15) is 9.90 Å². The van der Waals surface area contributed by atoms with Crippen LogP contribution in [0.3, 0.4) is 0 Å². The van der Waals surface area contributed by atoms with Crippen LogP contribution in [0.4, 0.5) is 0 Å². The first-order valence-electron chi connectivity index (χ1n) is 7.36. The fourth-order valence-corrected chi connectivity index (χ4v) is 2.66. The maximum absolute atomic E-state index is 12.3. The molecule has 1 aliphatic rings. The predicted octanol–water partition coefficient (Wildman–Crippen LogP) is 1.11. The third-order valence-corrected chi connectivity index (χ3v) is 3.87. The molecule has 1 aliphatic heterocycles. The van der Waals surface area contributed by atoms with E-state index >= 15 is 0 Å². The van der Waals surface area contributed by atoms with Crippen molar-refractivity contribution in [2.75, 3.05) is 33.8 Å². The summed E-state index contributed by atoms with van der Waals surface area (Å²) in [7, 11) is 3.44. The van der Waals surface area contributed by atoms with Crippen LogP contribution >= 0.6 is 0 Å². The molecule has 1 aromatic rings. The number of rotatable bonds is 5. The lowest BCUT2D eigenvalue weighted by molar-refractivity contribution is -0.132. The molecule has 0 bridgehead atoms. The number of aliphatic hydroxyl groups excluding tert-OH is 1. The molecule has 0 saturated carbocycles. The third kappa shape index (κ3) is 4.44. The van der Waals surface area contributed by atoms with Gasteiger partial charge in [0.25, 0.3) is 0 Å². The smallest absolute Gasteiger partial charge is 0.236 e. The summed E-state index contributed by atoms with van der Waals surface area (Å²) in [5.74, 6) is 0.862. The van der Waals surface area contributed by atoms with Crippen molar-refractivity contribution in [3.8, 4) is 5.75 Å². The quantitative estimate of drug-likeness (QED) is 0.883. The molecule has 116 valence electrons. The van der Waals surface area contributed by atoms with E-state index < -0.39 is 0 Å². The minimum atomic E-state index is -0.300. The summed E-state index contributed by atoms with van der Waals surface area (Å²) >= 11 is 0. The zero-order valence-electron chi connectivity index (χ0n) is 12.8. The van der Waals surface area contributed by atoms with Gasteiger partial charge in [-0.1, -0.05) is 18.2 Å². The summed E-state index contributed by atoms with van der Waals surface area (Å²) in [5, 5.41) is 9.65. The van der Waals surface area contributed by atoms with E-state index in [-0.39, 0.29) is 12.0 Å². The van der Waals surface area contributed by atoms with Crippen LogP contribution in [-0.4, -0.2) is 60.7 Å². The number of para-hydroxylation sites is 1. The summed E-state index contributed by atoms with van der Waals surface area (Å²) in [5.41, 5.74) is 0.995. The van der Waals surface area contributed by atoms with Crippen molar-refractivity contribution in [2.24, 2.45) is 0 Å². The Morgan fingerprint density at radius 2 is 2.24 bits per heavy atom. The van der Waals surface area contributed by atoms with E-state index in [1.54, 1.807) is 19.1 Å². The van der Waals surface area contributed by atoms with E-state index in [4.69, 9.17) is 4.74 Å². The zero-order valence-corrected chi connectivity index (χ0v) is 12.8. The fourth-order valence-electron chi connectivity index (χ4n) is 2.66. The van der Waals surface area contributed by atoms with E-state index in [2.05, 4.69) is 0 Å². The number of methoxy groups -OCH3 is 1. The molecule has 1 atom stereocenters. The summed E-state index contributed by atoms with van der Waals surface area (Å²) in [6.07, 6.45) is 1.48. The molecule has 2 rings (SSSR count). The Morgan fingerprint density at radius 1 is 1.48 bits per heavy atom. The van der Waals surface area contributed by atoms with Crippen LogP contribution in [-0.2, 0) is 11.3 Å². The molecule has 21 heavy (non-hydrogen) atoms. The van der Waals surface area contributed by atoms with Crippen molar-refractivity contribution in [3.63, 3.8) is 0 Å². The number of piperidine rings is 1. The molecule has 1 fully saturated rings. The van der Waals surface area contributed by atoms with Gasteiger partial charge in [-0.2, -0.15) is 0 Å². The second-order valence-electron chi connectivity index (χ2n) is 5.59. The number of β-amino-alcohol motifs (C(OH)–C–C–N with tert-alkyl or cyclic N) is 1. The number of ether oxygens (including phenoxy) is 1. The Kier molecular flexibility index (Phi) is 5.59. The van der Waals surface area contributed by atoms with Crippen LogP contribution in [0.1, 0.15) is 18.4 Å². The SMILES string of the molecule is COc1ccccc1CN(C)C(=O)CN1CCCC(O)C1. The average molecular weight is 292 g/mol. The van der Waals surface area contributed by atoms with Gasteiger partial charge in [0.2, 0.25) is 5.91 Å². The highest BCUT2D eigenvalue weighted by atomic mass is 16.5. The van der Waals surface area contributed by atoms with Crippen molar-refractivity contribution in [1.82, 2.24) is 9.80 Å². The topological polar surface area (TPSA) is 53.0 Å². The molecule has 1 saturated heterocycles. The van der Waals surface area contributed by atoms with Crippen molar-refractivity contribution < 1.29 is 14.6 Å². The number of aliphatic hydroxyl groups is 1. The molecular formula is C16H24N2O3. The molecule has 0 radical (unpaired) electrons. The Hall–Kier alpha value is -1.59. The molecule has 5 nitrogen and oxygen atoms in total. The molecule has 5 heteroatoms. The second-order valence-corrected chi connectivity index (χ2v) is 5.59. The van der Waals surface area contributed by atoms with Gasteiger partial charge in [0.15, 0.2) is 0 Å². The van der Waals surface area contributed by atoms with Gasteiger partial charge in [-0.3, -0.25) is 9.69 Å². The molecule has 1 heterocycles. The molecule has 1 aromatic carbocycles. The molecular weight excluding hydrogens is 268 g/mol. The van der Waals surface area contributed by atoms with Crippen LogP contribution in [0, 0.1) is 0 Å². The van der Waals surface area contributed by atoms with Crippen LogP contribution in [0.25, 0.3) is 0 Å². The van der Waals surface area contributed by atoms with Crippen molar-refractivity contribution >= 4 is 5.91 Å². The third-order valence-electron chi connectivity index (χ3n) is 3.87. The number of benzene rings is 1. The largest absolute Gasteiger partial charge is 0.496 e. The Morgan fingerprint density at radius 3 is 2.95 bits per heavy atom. The highest BCUT2D eigenvalue weighted by molar-refractivity contribution is 5.78. The van der Waals surface area contributed by atoms with Crippen molar-refractivity contribution in [1.29, 1.82) is 0 Å².